The lowest BCUT2D eigenvalue weighted by Crippen LogP contribution is -2.48. The van der Waals surface area contributed by atoms with Crippen molar-refractivity contribution < 1.29 is 4.74 Å². The summed E-state index contributed by atoms with van der Waals surface area (Å²) in [5.74, 6) is 0.942. The van der Waals surface area contributed by atoms with E-state index in [0.717, 1.165) is 38.6 Å². The van der Waals surface area contributed by atoms with Gasteiger partial charge in [-0.25, -0.2) is 0 Å². The summed E-state index contributed by atoms with van der Waals surface area (Å²) in [4.78, 5) is 7.21. The number of nitrogens with zero attached hydrogens (tertiary/aromatic N) is 2. The fraction of sp³-hybridized carbons (Fsp3) is 0.938. The summed E-state index contributed by atoms with van der Waals surface area (Å²) in [6.45, 7) is 12.7. The van der Waals surface area contributed by atoms with Gasteiger partial charge < -0.3 is 15.4 Å². The van der Waals surface area contributed by atoms with Crippen LogP contribution in [0.5, 0.6) is 0 Å². The molecule has 0 saturated carbocycles. The van der Waals surface area contributed by atoms with Gasteiger partial charge in [0.25, 0.3) is 0 Å². The van der Waals surface area contributed by atoms with E-state index in [0.29, 0.717) is 24.3 Å². The highest BCUT2D eigenvalue weighted by atomic mass is 16.5. The molecule has 0 aromatic rings. The van der Waals surface area contributed by atoms with Crippen LogP contribution in [0.25, 0.3) is 0 Å². The molecule has 2 aliphatic rings. The molecule has 0 aromatic heterocycles. The van der Waals surface area contributed by atoms with E-state index in [1.807, 2.05) is 0 Å². The predicted molar refractivity (Wildman–Crippen MR) is 87.8 cm³/mol. The van der Waals surface area contributed by atoms with Crippen LogP contribution >= 0.6 is 0 Å². The molecule has 122 valence electrons. The molecule has 0 aromatic carbocycles. The van der Waals surface area contributed by atoms with Gasteiger partial charge >= 0.3 is 0 Å². The number of nitrogens with one attached hydrogen (secondary N) is 2. The average molecular weight is 296 g/mol. The molecule has 2 rings (SSSR count). The summed E-state index contributed by atoms with van der Waals surface area (Å²) in [5, 5.41) is 6.94. The van der Waals surface area contributed by atoms with Crippen LogP contribution in [-0.2, 0) is 4.74 Å². The van der Waals surface area contributed by atoms with Gasteiger partial charge in [0.05, 0.1) is 24.8 Å². The van der Waals surface area contributed by atoms with Crippen molar-refractivity contribution in [3.8, 4) is 0 Å². The topological polar surface area (TPSA) is 48.9 Å². The number of hydrogen-bond donors (Lipinski definition) is 2. The zero-order valence-corrected chi connectivity index (χ0v) is 14.1. The summed E-state index contributed by atoms with van der Waals surface area (Å²) < 4.78 is 5.91. The smallest absolute Gasteiger partial charge is 0.191 e. The number of ether oxygens (including phenoxy) is 1. The van der Waals surface area contributed by atoms with Crippen LogP contribution in [0.2, 0.25) is 0 Å². The molecular weight excluding hydrogens is 264 g/mol. The van der Waals surface area contributed by atoms with E-state index in [1.54, 1.807) is 0 Å². The summed E-state index contributed by atoms with van der Waals surface area (Å²) in [7, 11) is 0. The van der Waals surface area contributed by atoms with Crippen molar-refractivity contribution in [2.24, 2.45) is 4.99 Å². The molecule has 21 heavy (non-hydrogen) atoms. The third-order valence-electron chi connectivity index (χ3n) is 4.72. The number of rotatable bonds is 7. The quantitative estimate of drug-likeness (QED) is 0.553. The number of likely N-dealkylation sites (N-methyl/N-ethyl adjacent to an activating group) is 1. The summed E-state index contributed by atoms with van der Waals surface area (Å²) in [6.07, 6.45) is 4.41. The molecule has 2 aliphatic heterocycles. The van der Waals surface area contributed by atoms with E-state index in [1.165, 1.54) is 12.8 Å². The number of fused-ring (bicyclic) bond motifs is 2. The Morgan fingerprint density at radius 2 is 2.05 bits per heavy atom. The second kappa shape index (κ2) is 7.99. The lowest BCUT2D eigenvalue weighted by molar-refractivity contribution is 0.0992. The molecule has 5 heteroatoms. The van der Waals surface area contributed by atoms with Crippen LogP contribution in [0.3, 0.4) is 0 Å². The Kier molecular flexibility index (Phi) is 6.30. The third kappa shape index (κ3) is 4.33. The van der Waals surface area contributed by atoms with E-state index in [2.05, 4.69) is 43.2 Å². The van der Waals surface area contributed by atoms with Gasteiger partial charge in [0, 0.05) is 12.6 Å². The average Bonchev–Trinajstić information content (AvgIpc) is 3.09. The maximum atomic E-state index is 5.91. The first kappa shape index (κ1) is 16.6. The van der Waals surface area contributed by atoms with Crippen LogP contribution < -0.4 is 10.6 Å². The first-order chi connectivity index (χ1) is 10.2. The van der Waals surface area contributed by atoms with Crippen LogP contribution in [0.4, 0.5) is 0 Å². The highest BCUT2D eigenvalue weighted by Gasteiger charge is 2.41. The Bertz CT molecular complexity index is 343. The molecule has 2 heterocycles. The highest BCUT2D eigenvalue weighted by molar-refractivity contribution is 5.80. The van der Waals surface area contributed by atoms with Gasteiger partial charge in [-0.2, -0.15) is 0 Å². The third-order valence-corrected chi connectivity index (χ3v) is 4.72. The second-order valence-electron chi connectivity index (χ2n) is 6.15. The van der Waals surface area contributed by atoms with Gasteiger partial charge in [0.15, 0.2) is 5.96 Å². The zero-order valence-electron chi connectivity index (χ0n) is 14.1. The van der Waals surface area contributed by atoms with Crippen LogP contribution in [0, 0.1) is 0 Å². The largest absolute Gasteiger partial charge is 0.373 e. The molecular formula is C16H32N4O. The molecule has 0 amide bonds. The molecule has 4 atom stereocenters. The molecule has 2 saturated heterocycles. The summed E-state index contributed by atoms with van der Waals surface area (Å²) in [6, 6.07) is 0.914. The van der Waals surface area contributed by atoms with Crippen LogP contribution in [0.1, 0.15) is 47.0 Å². The van der Waals surface area contributed by atoms with E-state index in [-0.39, 0.29) is 0 Å². The van der Waals surface area contributed by atoms with Crippen molar-refractivity contribution in [1.29, 1.82) is 0 Å². The van der Waals surface area contributed by atoms with Crippen molar-refractivity contribution >= 4 is 5.96 Å². The molecule has 0 spiro atoms. The number of aliphatic imine (C=N–C) groups is 1. The normalized spacial score (nSPS) is 30.0. The minimum absolute atomic E-state index is 0.388. The monoisotopic (exact) mass is 296 g/mol. The fourth-order valence-corrected chi connectivity index (χ4v) is 3.47. The van der Waals surface area contributed by atoms with E-state index < -0.39 is 0 Å². The minimum atomic E-state index is 0.388. The molecule has 4 unspecified atom stereocenters. The van der Waals surface area contributed by atoms with Crippen LogP contribution in [0.15, 0.2) is 4.99 Å². The zero-order chi connectivity index (χ0) is 15.2. The lowest BCUT2D eigenvalue weighted by atomic mass is 9.96. The van der Waals surface area contributed by atoms with Crippen molar-refractivity contribution in [3.05, 3.63) is 0 Å². The lowest BCUT2D eigenvalue weighted by Gasteiger charge is -2.26. The molecule has 2 fully saturated rings. The molecule has 2 bridgehead atoms. The SMILES string of the molecule is CCNC(=NCC(C)N(CC)CC)NC1CC2CCC1O2. The predicted octanol–water partition coefficient (Wildman–Crippen LogP) is 1.59. The van der Waals surface area contributed by atoms with Crippen molar-refractivity contribution in [2.45, 2.75) is 71.2 Å². The second-order valence-corrected chi connectivity index (χ2v) is 6.15. The summed E-state index contributed by atoms with van der Waals surface area (Å²) in [5.41, 5.74) is 0. The molecule has 2 N–H and O–H groups in total. The number of hydrogen-bond acceptors (Lipinski definition) is 3. The molecule has 0 radical (unpaired) electrons. The molecule has 0 aliphatic carbocycles. The molecule has 5 nitrogen and oxygen atoms in total. The Labute approximate surface area is 129 Å². The Hall–Kier alpha value is -0.810. The van der Waals surface area contributed by atoms with Gasteiger partial charge in [0.1, 0.15) is 0 Å². The van der Waals surface area contributed by atoms with E-state index in [9.17, 15) is 0 Å². The Morgan fingerprint density at radius 1 is 1.29 bits per heavy atom. The van der Waals surface area contributed by atoms with Gasteiger partial charge in [-0.15, -0.1) is 0 Å². The maximum absolute atomic E-state index is 5.91. The van der Waals surface area contributed by atoms with Crippen molar-refractivity contribution in [3.63, 3.8) is 0 Å². The van der Waals surface area contributed by atoms with Crippen molar-refractivity contribution in [1.82, 2.24) is 15.5 Å². The maximum Gasteiger partial charge on any atom is 0.191 e. The Balaban J connectivity index is 1.87. The first-order valence-corrected chi connectivity index (χ1v) is 8.62. The van der Waals surface area contributed by atoms with Gasteiger partial charge in [-0.1, -0.05) is 13.8 Å². The van der Waals surface area contributed by atoms with Gasteiger partial charge in [-0.3, -0.25) is 9.89 Å². The first-order valence-electron chi connectivity index (χ1n) is 8.62. The van der Waals surface area contributed by atoms with Crippen molar-refractivity contribution in [2.75, 3.05) is 26.2 Å². The number of guanidine groups is 1. The fourth-order valence-electron chi connectivity index (χ4n) is 3.47. The summed E-state index contributed by atoms with van der Waals surface area (Å²) >= 11 is 0. The standard InChI is InChI=1S/C16H32N4O/c1-5-17-16(18-11-12(4)20(6-2)7-3)19-14-10-13-8-9-15(14)21-13/h12-15H,5-11H2,1-4H3,(H2,17,18,19). The minimum Gasteiger partial charge on any atom is -0.373 e. The van der Waals surface area contributed by atoms with E-state index >= 15 is 0 Å². The van der Waals surface area contributed by atoms with Crippen LogP contribution in [-0.4, -0.2) is 61.3 Å². The van der Waals surface area contributed by atoms with E-state index in [4.69, 9.17) is 9.73 Å². The van der Waals surface area contributed by atoms with Gasteiger partial charge in [-0.05, 0) is 46.2 Å². The Morgan fingerprint density at radius 3 is 2.57 bits per heavy atom. The highest BCUT2D eigenvalue weighted by Crippen LogP contribution is 2.34. The van der Waals surface area contributed by atoms with Gasteiger partial charge in [0.2, 0.25) is 0 Å².